The van der Waals surface area contributed by atoms with E-state index in [9.17, 15) is 0 Å². The molecule has 0 fully saturated rings. The van der Waals surface area contributed by atoms with Crippen LogP contribution in [0.25, 0.3) is 0 Å². The third kappa shape index (κ3) is 1.81. The van der Waals surface area contributed by atoms with E-state index in [2.05, 4.69) is 11.1 Å². The number of aliphatic imine (C=N–C) groups is 1. The third-order valence-corrected chi connectivity index (χ3v) is 4.97. The number of nitrogens with zero attached hydrogens (tertiary/aromatic N) is 1. The highest BCUT2D eigenvalue weighted by molar-refractivity contribution is 5.95. The molecule has 22 heavy (non-hydrogen) atoms. The van der Waals surface area contributed by atoms with Crippen molar-refractivity contribution in [2.75, 3.05) is 6.54 Å². The molecule has 3 heteroatoms. The third-order valence-electron chi connectivity index (χ3n) is 4.97. The largest absolute Gasteiger partial charge is 0.463 e. The van der Waals surface area contributed by atoms with Gasteiger partial charge in [0.2, 0.25) is 5.90 Å². The summed E-state index contributed by atoms with van der Waals surface area (Å²) < 4.78 is 21.7. The van der Waals surface area contributed by atoms with Crippen LogP contribution in [-0.4, -0.2) is 18.1 Å². The molecular weight excluding hydrogens is 277 g/mol. The lowest BCUT2D eigenvalue weighted by Gasteiger charge is -2.48. The van der Waals surface area contributed by atoms with Crippen LogP contribution in [0, 0.1) is 0 Å². The Balaban J connectivity index is 1.82. The Hall–Kier alpha value is -2.16. The van der Waals surface area contributed by atoms with Crippen molar-refractivity contribution in [1.29, 1.82) is 0 Å². The molecule has 2 aliphatic rings. The Morgan fingerprint density at radius 2 is 1.77 bits per heavy atom. The van der Waals surface area contributed by atoms with Crippen molar-refractivity contribution in [3.05, 3.63) is 71.3 Å². The summed E-state index contributed by atoms with van der Waals surface area (Å²) >= 11 is 0. The minimum absolute atomic E-state index is 0.155. The Labute approximate surface area is 129 Å². The minimum Gasteiger partial charge on any atom is -0.463 e. The topological polar surface area (TPSA) is 21.6 Å². The standard InChI is InChI=1S/C19H18FNO/c1-18-16-10-6-5-7-14(16)11-12-19(18,20)13-21-17(22-18)15-8-3-2-4-9-15/h2-10H,11-13H2,1H3. The van der Waals surface area contributed by atoms with Crippen LogP contribution in [0.1, 0.15) is 30.0 Å². The monoisotopic (exact) mass is 295 g/mol. The van der Waals surface area contributed by atoms with E-state index < -0.39 is 11.3 Å². The van der Waals surface area contributed by atoms with Gasteiger partial charge in [-0.15, -0.1) is 0 Å². The molecular formula is C19H18FNO. The summed E-state index contributed by atoms with van der Waals surface area (Å²) in [7, 11) is 0. The Bertz CT molecular complexity index is 742. The fourth-order valence-electron chi connectivity index (χ4n) is 3.55. The molecule has 4 rings (SSSR count). The van der Waals surface area contributed by atoms with Crippen LogP contribution in [0.15, 0.2) is 59.6 Å². The van der Waals surface area contributed by atoms with Crippen molar-refractivity contribution in [3.8, 4) is 0 Å². The van der Waals surface area contributed by atoms with E-state index >= 15 is 4.39 Å². The zero-order chi connectivity index (χ0) is 15.2. The maximum atomic E-state index is 15.5. The minimum atomic E-state index is -1.44. The molecule has 2 unspecified atom stereocenters. The SMILES string of the molecule is CC12OC(c3ccccc3)=NCC1(F)CCc1ccccc12. The molecule has 0 N–H and O–H groups in total. The summed E-state index contributed by atoms with van der Waals surface area (Å²) in [5.41, 5.74) is 0.600. The average Bonchev–Trinajstić information content (AvgIpc) is 2.56. The van der Waals surface area contributed by atoms with Gasteiger partial charge in [-0.05, 0) is 37.5 Å². The Morgan fingerprint density at radius 3 is 2.59 bits per heavy atom. The van der Waals surface area contributed by atoms with Crippen molar-refractivity contribution in [2.24, 2.45) is 4.99 Å². The molecule has 2 atom stereocenters. The van der Waals surface area contributed by atoms with Crippen LogP contribution in [-0.2, 0) is 16.8 Å². The molecule has 0 spiro atoms. The quantitative estimate of drug-likeness (QED) is 0.778. The van der Waals surface area contributed by atoms with Gasteiger partial charge in [0.1, 0.15) is 0 Å². The summed E-state index contributed by atoms with van der Waals surface area (Å²) in [6.07, 6.45) is 1.19. The summed E-state index contributed by atoms with van der Waals surface area (Å²) in [5, 5.41) is 0. The Kier molecular flexibility index (Phi) is 2.86. The first-order chi connectivity index (χ1) is 10.6. The number of aryl methyl sites for hydroxylation is 1. The smallest absolute Gasteiger partial charge is 0.217 e. The molecule has 1 aliphatic carbocycles. The first-order valence-electron chi connectivity index (χ1n) is 7.69. The van der Waals surface area contributed by atoms with E-state index in [-0.39, 0.29) is 6.54 Å². The van der Waals surface area contributed by atoms with E-state index in [4.69, 9.17) is 4.74 Å². The van der Waals surface area contributed by atoms with E-state index in [0.29, 0.717) is 12.3 Å². The molecule has 0 amide bonds. The molecule has 112 valence electrons. The number of halogens is 1. The van der Waals surface area contributed by atoms with Crippen LogP contribution in [0.4, 0.5) is 4.39 Å². The van der Waals surface area contributed by atoms with Crippen LogP contribution in [0.3, 0.4) is 0 Å². The molecule has 0 saturated carbocycles. The second-order valence-corrected chi connectivity index (χ2v) is 6.25. The first-order valence-corrected chi connectivity index (χ1v) is 7.69. The normalized spacial score (nSPS) is 29.8. The maximum absolute atomic E-state index is 15.5. The maximum Gasteiger partial charge on any atom is 0.217 e. The van der Waals surface area contributed by atoms with Crippen molar-refractivity contribution in [2.45, 2.75) is 31.0 Å². The molecule has 1 heterocycles. The van der Waals surface area contributed by atoms with Crippen LogP contribution in [0.5, 0.6) is 0 Å². The molecule has 0 aromatic heterocycles. The fraction of sp³-hybridized carbons (Fsp3) is 0.316. The lowest BCUT2D eigenvalue weighted by Crippen LogP contribution is -2.57. The molecule has 0 saturated heterocycles. The Morgan fingerprint density at radius 1 is 1.05 bits per heavy atom. The second-order valence-electron chi connectivity index (χ2n) is 6.25. The van der Waals surface area contributed by atoms with Crippen LogP contribution in [0.2, 0.25) is 0 Å². The van der Waals surface area contributed by atoms with Gasteiger partial charge in [-0.1, -0.05) is 42.5 Å². The van der Waals surface area contributed by atoms with E-state index in [1.807, 2.05) is 55.5 Å². The molecule has 0 bridgehead atoms. The number of hydrogen-bond donors (Lipinski definition) is 0. The van der Waals surface area contributed by atoms with Gasteiger partial charge < -0.3 is 4.74 Å². The predicted octanol–water partition coefficient (Wildman–Crippen LogP) is 4.03. The second kappa shape index (κ2) is 4.67. The molecule has 0 radical (unpaired) electrons. The van der Waals surface area contributed by atoms with Gasteiger partial charge in [0.25, 0.3) is 0 Å². The molecule has 2 aromatic rings. The van der Waals surface area contributed by atoms with Crippen molar-refractivity contribution >= 4 is 5.90 Å². The average molecular weight is 295 g/mol. The first kappa shape index (κ1) is 13.5. The lowest BCUT2D eigenvalue weighted by molar-refractivity contribution is -0.103. The van der Waals surface area contributed by atoms with E-state index in [1.165, 1.54) is 5.56 Å². The van der Waals surface area contributed by atoms with Crippen LogP contribution < -0.4 is 0 Å². The number of fused-ring (bicyclic) bond motifs is 3. The zero-order valence-corrected chi connectivity index (χ0v) is 12.6. The fourth-order valence-corrected chi connectivity index (χ4v) is 3.55. The summed E-state index contributed by atoms with van der Waals surface area (Å²) in [5.74, 6) is 0.535. The van der Waals surface area contributed by atoms with Gasteiger partial charge in [0.05, 0.1) is 6.54 Å². The number of ether oxygens (including phenoxy) is 1. The van der Waals surface area contributed by atoms with Gasteiger partial charge >= 0.3 is 0 Å². The molecule has 2 nitrogen and oxygen atoms in total. The highest BCUT2D eigenvalue weighted by atomic mass is 19.1. The van der Waals surface area contributed by atoms with Gasteiger partial charge in [-0.25, -0.2) is 9.38 Å². The van der Waals surface area contributed by atoms with Gasteiger partial charge in [-0.3, -0.25) is 0 Å². The zero-order valence-electron chi connectivity index (χ0n) is 12.6. The summed E-state index contributed by atoms with van der Waals surface area (Å²) in [4.78, 5) is 4.39. The number of hydrogen-bond acceptors (Lipinski definition) is 2. The molecule has 2 aromatic carbocycles. The van der Waals surface area contributed by atoms with Gasteiger partial charge in [0, 0.05) is 11.1 Å². The van der Waals surface area contributed by atoms with Crippen LogP contribution >= 0.6 is 0 Å². The van der Waals surface area contributed by atoms with Crippen molar-refractivity contribution in [1.82, 2.24) is 0 Å². The number of rotatable bonds is 1. The van der Waals surface area contributed by atoms with Crippen molar-refractivity contribution in [3.63, 3.8) is 0 Å². The summed E-state index contributed by atoms with van der Waals surface area (Å²) in [6.45, 7) is 2.02. The lowest BCUT2D eigenvalue weighted by atomic mass is 9.69. The van der Waals surface area contributed by atoms with Crippen molar-refractivity contribution < 1.29 is 9.13 Å². The number of benzene rings is 2. The summed E-state index contributed by atoms with van der Waals surface area (Å²) in [6, 6.07) is 17.7. The van der Waals surface area contributed by atoms with Gasteiger partial charge in [-0.2, -0.15) is 0 Å². The predicted molar refractivity (Wildman–Crippen MR) is 84.9 cm³/mol. The van der Waals surface area contributed by atoms with Gasteiger partial charge in [0.15, 0.2) is 11.3 Å². The highest BCUT2D eigenvalue weighted by Gasteiger charge is 2.57. The van der Waals surface area contributed by atoms with E-state index in [1.54, 1.807) is 0 Å². The number of alkyl halides is 1. The van der Waals surface area contributed by atoms with E-state index in [0.717, 1.165) is 17.5 Å². The highest BCUT2D eigenvalue weighted by Crippen LogP contribution is 2.49. The molecule has 1 aliphatic heterocycles.